The standard InChI is InChI=1S/C16H17BrN2O2/c1-3-12-4-6-13(7-5-12)11-18(2)15-9-8-14(17)10-16(15)19(20)21/h4-10H,3,11H2,1-2H3. The van der Waals surface area contributed by atoms with Crippen LogP contribution in [-0.2, 0) is 13.0 Å². The van der Waals surface area contributed by atoms with Crippen molar-refractivity contribution in [2.75, 3.05) is 11.9 Å². The maximum absolute atomic E-state index is 11.2. The maximum Gasteiger partial charge on any atom is 0.293 e. The van der Waals surface area contributed by atoms with E-state index in [1.807, 2.05) is 18.0 Å². The summed E-state index contributed by atoms with van der Waals surface area (Å²) < 4.78 is 0.707. The van der Waals surface area contributed by atoms with Crippen LogP contribution in [-0.4, -0.2) is 12.0 Å². The minimum Gasteiger partial charge on any atom is -0.365 e. The van der Waals surface area contributed by atoms with Crippen molar-refractivity contribution in [1.29, 1.82) is 0 Å². The average molecular weight is 349 g/mol. The minimum absolute atomic E-state index is 0.108. The number of hydrogen-bond donors (Lipinski definition) is 0. The number of anilines is 1. The van der Waals surface area contributed by atoms with E-state index in [0.717, 1.165) is 12.0 Å². The zero-order valence-electron chi connectivity index (χ0n) is 12.0. The van der Waals surface area contributed by atoms with E-state index in [1.54, 1.807) is 6.07 Å². The molecule has 0 spiro atoms. The van der Waals surface area contributed by atoms with Crippen LogP contribution in [0, 0.1) is 10.1 Å². The summed E-state index contributed by atoms with van der Waals surface area (Å²) in [6.45, 7) is 2.75. The van der Waals surface area contributed by atoms with Gasteiger partial charge in [0.05, 0.1) is 4.92 Å². The van der Waals surface area contributed by atoms with Crippen LogP contribution in [0.4, 0.5) is 11.4 Å². The first-order valence-electron chi connectivity index (χ1n) is 6.74. The summed E-state index contributed by atoms with van der Waals surface area (Å²) in [5.41, 5.74) is 3.14. The van der Waals surface area contributed by atoms with Gasteiger partial charge in [-0.3, -0.25) is 10.1 Å². The van der Waals surface area contributed by atoms with Crippen LogP contribution in [0.15, 0.2) is 46.9 Å². The van der Waals surface area contributed by atoms with Gasteiger partial charge in [0.2, 0.25) is 0 Å². The van der Waals surface area contributed by atoms with Gasteiger partial charge in [-0.1, -0.05) is 47.1 Å². The van der Waals surface area contributed by atoms with Gasteiger partial charge in [0.1, 0.15) is 5.69 Å². The number of nitrogens with zero attached hydrogens (tertiary/aromatic N) is 2. The molecule has 2 aromatic carbocycles. The van der Waals surface area contributed by atoms with E-state index in [0.29, 0.717) is 16.7 Å². The fourth-order valence-electron chi connectivity index (χ4n) is 2.21. The van der Waals surface area contributed by atoms with Gasteiger partial charge in [-0.25, -0.2) is 0 Å². The Bertz CT molecular complexity index is 641. The Morgan fingerprint density at radius 3 is 2.33 bits per heavy atom. The monoisotopic (exact) mass is 348 g/mol. The van der Waals surface area contributed by atoms with Gasteiger partial charge in [0.15, 0.2) is 0 Å². The van der Waals surface area contributed by atoms with Crippen molar-refractivity contribution in [3.05, 3.63) is 68.2 Å². The molecule has 0 aliphatic rings. The normalized spacial score (nSPS) is 10.4. The largest absolute Gasteiger partial charge is 0.365 e. The van der Waals surface area contributed by atoms with Crippen molar-refractivity contribution in [1.82, 2.24) is 0 Å². The molecule has 0 aliphatic heterocycles. The molecular weight excluding hydrogens is 332 g/mol. The van der Waals surface area contributed by atoms with Crippen molar-refractivity contribution in [3.63, 3.8) is 0 Å². The molecular formula is C16H17BrN2O2. The SMILES string of the molecule is CCc1ccc(CN(C)c2ccc(Br)cc2[N+](=O)[O-])cc1. The molecule has 0 fully saturated rings. The van der Waals surface area contributed by atoms with Crippen molar-refractivity contribution < 1.29 is 4.92 Å². The number of nitro benzene ring substituents is 1. The van der Waals surface area contributed by atoms with Crippen LogP contribution >= 0.6 is 15.9 Å². The van der Waals surface area contributed by atoms with E-state index in [-0.39, 0.29) is 10.6 Å². The quantitative estimate of drug-likeness (QED) is 0.587. The second kappa shape index (κ2) is 6.72. The molecule has 2 aromatic rings. The highest BCUT2D eigenvalue weighted by atomic mass is 79.9. The van der Waals surface area contributed by atoms with Gasteiger partial charge >= 0.3 is 0 Å². The lowest BCUT2D eigenvalue weighted by Crippen LogP contribution is -2.17. The lowest BCUT2D eigenvalue weighted by atomic mass is 10.1. The Hall–Kier alpha value is -1.88. The van der Waals surface area contributed by atoms with Gasteiger partial charge in [0, 0.05) is 24.1 Å². The van der Waals surface area contributed by atoms with Gasteiger partial charge in [-0.15, -0.1) is 0 Å². The summed E-state index contributed by atoms with van der Waals surface area (Å²) >= 11 is 3.27. The van der Waals surface area contributed by atoms with Crippen LogP contribution in [0.2, 0.25) is 0 Å². The fraction of sp³-hybridized carbons (Fsp3) is 0.250. The second-order valence-electron chi connectivity index (χ2n) is 4.92. The summed E-state index contributed by atoms with van der Waals surface area (Å²) in [5.74, 6) is 0. The van der Waals surface area contributed by atoms with E-state index in [1.165, 1.54) is 11.6 Å². The number of benzene rings is 2. The first-order valence-corrected chi connectivity index (χ1v) is 7.53. The highest BCUT2D eigenvalue weighted by Gasteiger charge is 2.17. The predicted octanol–water partition coefficient (Wildman–Crippen LogP) is 4.56. The van der Waals surface area contributed by atoms with Crippen LogP contribution in [0.5, 0.6) is 0 Å². The van der Waals surface area contributed by atoms with E-state index < -0.39 is 0 Å². The molecule has 110 valence electrons. The summed E-state index contributed by atoms with van der Waals surface area (Å²) in [5, 5.41) is 11.2. The number of aryl methyl sites for hydroxylation is 1. The van der Waals surface area contributed by atoms with Crippen molar-refractivity contribution in [2.24, 2.45) is 0 Å². The fourth-order valence-corrected chi connectivity index (χ4v) is 2.55. The molecule has 5 heteroatoms. The summed E-state index contributed by atoms with van der Waals surface area (Å²) in [4.78, 5) is 12.7. The zero-order chi connectivity index (χ0) is 15.4. The molecule has 0 saturated heterocycles. The first-order chi connectivity index (χ1) is 10.0. The van der Waals surface area contributed by atoms with E-state index >= 15 is 0 Å². The van der Waals surface area contributed by atoms with Crippen molar-refractivity contribution in [3.8, 4) is 0 Å². The lowest BCUT2D eigenvalue weighted by Gasteiger charge is -2.19. The molecule has 0 bridgehead atoms. The molecule has 4 nitrogen and oxygen atoms in total. The van der Waals surface area contributed by atoms with E-state index in [2.05, 4.69) is 47.1 Å². The number of rotatable bonds is 5. The van der Waals surface area contributed by atoms with E-state index in [9.17, 15) is 10.1 Å². The minimum atomic E-state index is -0.350. The molecule has 21 heavy (non-hydrogen) atoms. The summed E-state index contributed by atoms with van der Waals surface area (Å²) in [6, 6.07) is 13.5. The highest BCUT2D eigenvalue weighted by Crippen LogP contribution is 2.31. The van der Waals surface area contributed by atoms with Crippen molar-refractivity contribution >= 4 is 27.3 Å². The summed E-state index contributed by atoms with van der Waals surface area (Å²) in [6.07, 6.45) is 1.01. The van der Waals surface area contributed by atoms with Crippen LogP contribution in [0.25, 0.3) is 0 Å². The Kier molecular flexibility index (Phi) is 4.96. The zero-order valence-corrected chi connectivity index (χ0v) is 13.6. The molecule has 0 atom stereocenters. The third-order valence-electron chi connectivity index (χ3n) is 3.40. The average Bonchev–Trinajstić information content (AvgIpc) is 2.47. The van der Waals surface area contributed by atoms with Gasteiger partial charge in [-0.2, -0.15) is 0 Å². The molecule has 0 amide bonds. The predicted molar refractivity (Wildman–Crippen MR) is 88.7 cm³/mol. The smallest absolute Gasteiger partial charge is 0.293 e. The molecule has 0 heterocycles. The van der Waals surface area contributed by atoms with Crippen LogP contribution < -0.4 is 4.90 Å². The lowest BCUT2D eigenvalue weighted by molar-refractivity contribution is -0.384. The molecule has 0 aliphatic carbocycles. The third kappa shape index (κ3) is 3.82. The Morgan fingerprint density at radius 1 is 1.14 bits per heavy atom. The topological polar surface area (TPSA) is 46.4 Å². The number of nitro groups is 1. The van der Waals surface area contributed by atoms with Crippen LogP contribution in [0.1, 0.15) is 18.1 Å². The van der Waals surface area contributed by atoms with Gasteiger partial charge in [-0.05, 0) is 29.7 Å². The number of halogens is 1. The molecule has 0 aromatic heterocycles. The van der Waals surface area contributed by atoms with Gasteiger partial charge in [0.25, 0.3) is 5.69 Å². The first kappa shape index (κ1) is 15.5. The molecule has 0 radical (unpaired) electrons. The Labute approximate surface area is 132 Å². The Balaban J connectivity index is 2.23. The van der Waals surface area contributed by atoms with Crippen LogP contribution in [0.3, 0.4) is 0 Å². The Morgan fingerprint density at radius 2 is 1.76 bits per heavy atom. The summed E-state index contributed by atoms with van der Waals surface area (Å²) in [7, 11) is 1.87. The van der Waals surface area contributed by atoms with Gasteiger partial charge < -0.3 is 4.90 Å². The molecule has 0 saturated carbocycles. The second-order valence-corrected chi connectivity index (χ2v) is 5.83. The number of hydrogen-bond acceptors (Lipinski definition) is 3. The highest BCUT2D eigenvalue weighted by molar-refractivity contribution is 9.10. The van der Waals surface area contributed by atoms with E-state index in [4.69, 9.17) is 0 Å². The maximum atomic E-state index is 11.2. The molecule has 2 rings (SSSR count). The third-order valence-corrected chi connectivity index (χ3v) is 3.89. The molecule has 0 unspecified atom stereocenters. The van der Waals surface area contributed by atoms with Crippen molar-refractivity contribution in [2.45, 2.75) is 19.9 Å². The molecule has 0 N–H and O–H groups in total.